The summed E-state index contributed by atoms with van der Waals surface area (Å²) in [5.74, 6) is -13.3. The molecular formula is C55H71N8NaO22S. The first-order valence-corrected chi connectivity index (χ1v) is 28.7. The number of primary amides is 1. The minimum absolute atomic E-state index is 0. The van der Waals surface area contributed by atoms with E-state index in [-0.39, 0.29) is 29.6 Å². The average Bonchev–Trinajstić information content (AvgIpc) is 1.79. The van der Waals surface area contributed by atoms with E-state index >= 15 is 0 Å². The Kier molecular flexibility index (Phi) is 25.6. The average molecular weight is 1250 g/mol. The zero-order chi connectivity index (χ0) is 63.5. The number of hydrogen-bond donors (Lipinski definition) is 15. The van der Waals surface area contributed by atoms with Crippen LogP contribution in [0, 0.1) is 5.92 Å². The number of hydrogen-bond acceptors (Lipinski definition) is 22. The Morgan fingerprint density at radius 1 is 0.793 bits per heavy atom. The third-order valence-electron chi connectivity index (χ3n) is 14.6. The van der Waals surface area contributed by atoms with Crippen molar-refractivity contribution in [2.24, 2.45) is 11.7 Å². The Balaban J connectivity index is 0.0000138. The number of unbranched alkanes of at least 4 members (excludes halogenated alkanes) is 2. The number of aromatic hydroxyl groups is 1. The molecule has 3 saturated heterocycles. The van der Waals surface area contributed by atoms with Crippen molar-refractivity contribution in [2.75, 3.05) is 19.7 Å². The van der Waals surface area contributed by atoms with Gasteiger partial charge in [0.1, 0.15) is 60.3 Å². The fraction of sp³-hybridized carbons (Fsp3) is 0.491. The van der Waals surface area contributed by atoms with Gasteiger partial charge in [-0.25, -0.2) is 8.42 Å². The summed E-state index contributed by atoms with van der Waals surface area (Å²) in [4.78, 5) is 114. The van der Waals surface area contributed by atoms with E-state index in [0.29, 0.717) is 39.9 Å². The molecule has 3 fully saturated rings. The predicted molar refractivity (Wildman–Crippen MR) is 296 cm³/mol. The van der Waals surface area contributed by atoms with Gasteiger partial charge in [0.2, 0.25) is 47.3 Å². The summed E-state index contributed by atoms with van der Waals surface area (Å²) in [6.45, 7) is 3.78. The smallest absolute Gasteiger partial charge is 0.716 e. The maximum absolute atomic E-state index is 14.6. The molecule has 15 atom stereocenters. The zero-order valence-electron chi connectivity index (χ0n) is 47.7. The summed E-state index contributed by atoms with van der Waals surface area (Å²) in [7, 11) is -5.60. The van der Waals surface area contributed by atoms with Crippen LogP contribution in [0.1, 0.15) is 76.5 Å². The van der Waals surface area contributed by atoms with Crippen LogP contribution in [0.2, 0.25) is 0 Å². The maximum atomic E-state index is 14.6. The number of nitrogens with one attached hydrogen (secondary N) is 5. The van der Waals surface area contributed by atoms with Gasteiger partial charge in [0.25, 0.3) is 10.4 Å². The molecule has 0 aliphatic carbocycles. The van der Waals surface area contributed by atoms with Crippen molar-refractivity contribution >= 4 is 63.7 Å². The molecule has 0 radical (unpaired) electrons. The number of nitrogens with two attached hydrogens (primary N) is 1. The van der Waals surface area contributed by atoms with Gasteiger partial charge in [0.15, 0.2) is 17.7 Å². The van der Waals surface area contributed by atoms with E-state index in [9.17, 15) is 97.3 Å². The van der Waals surface area contributed by atoms with Crippen molar-refractivity contribution in [3.8, 4) is 28.4 Å². The maximum Gasteiger partial charge on any atom is 1.00 e. The van der Waals surface area contributed by atoms with Gasteiger partial charge < -0.3 is 102 Å². The number of phenolic OH excluding ortho intramolecular Hbond substituents is 1. The number of carbonyl (C=O) groups is 8. The summed E-state index contributed by atoms with van der Waals surface area (Å²) in [5.41, 5.74) is 6.90. The first-order valence-electron chi connectivity index (χ1n) is 27.3. The zero-order valence-corrected chi connectivity index (χ0v) is 50.6. The van der Waals surface area contributed by atoms with Gasteiger partial charge in [-0.2, -0.15) is 0 Å². The molecule has 8 amide bonds. The van der Waals surface area contributed by atoms with E-state index in [0.717, 1.165) is 49.5 Å². The third-order valence-corrected chi connectivity index (χ3v) is 15.0. The Morgan fingerprint density at radius 3 is 2.01 bits per heavy atom. The van der Waals surface area contributed by atoms with Crippen LogP contribution in [0.4, 0.5) is 0 Å². The van der Waals surface area contributed by atoms with Crippen LogP contribution in [0.25, 0.3) is 17.2 Å². The first-order chi connectivity index (χ1) is 40.5. The minimum Gasteiger partial charge on any atom is -0.716 e. The van der Waals surface area contributed by atoms with Gasteiger partial charge in [-0.3, -0.25) is 38.4 Å². The van der Waals surface area contributed by atoms with Crippen LogP contribution in [-0.4, -0.2) is 215 Å². The van der Waals surface area contributed by atoms with Gasteiger partial charge in [0, 0.05) is 37.9 Å². The van der Waals surface area contributed by atoms with Gasteiger partial charge in [0.05, 0.1) is 37.4 Å². The summed E-state index contributed by atoms with van der Waals surface area (Å²) >= 11 is 0. The molecule has 16 N–H and O–H groups in total. The van der Waals surface area contributed by atoms with Gasteiger partial charge in [-0.1, -0.05) is 69.2 Å². The van der Waals surface area contributed by atoms with E-state index in [1.165, 1.54) is 13.0 Å². The molecule has 0 bridgehead atoms. The van der Waals surface area contributed by atoms with E-state index in [1.54, 1.807) is 24.3 Å². The third kappa shape index (κ3) is 18.8. The van der Waals surface area contributed by atoms with Crippen molar-refractivity contribution < 1.29 is 136 Å². The Labute approximate surface area is 521 Å². The molecule has 1 unspecified atom stereocenters. The summed E-state index contributed by atoms with van der Waals surface area (Å²) in [5, 5.41) is 112. The number of nitrogens with zero attached hydrogens (tertiary/aromatic N) is 2. The van der Waals surface area contributed by atoms with Crippen LogP contribution in [0.15, 0.2) is 72.8 Å². The number of rotatable bonds is 18. The van der Waals surface area contributed by atoms with Crippen LogP contribution in [0.5, 0.6) is 17.2 Å². The summed E-state index contributed by atoms with van der Waals surface area (Å²) in [6, 6.07) is 3.41. The molecule has 0 spiro atoms. The van der Waals surface area contributed by atoms with Gasteiger partial charge in [-0.05, 0) is 65.9 Å². The molecule has 87 heavy (non-hydrogen) atoms. The fourth-order valence-corrected chi connectivity index (χ4v) is 10.3. The predicted octanol–water partition coefficient (Wildman–Crippen LogP) is -7.50. The fourth-order valence-electron chi connectivity index (χ4n) is 9.97. The van der Waals surface area contributed by atoms with E-state index in [1.807, 2.05) is 34.9 Å². The number of phenols is 1. The van der Waals surface area contributed by atoms with E-state index in [2.05, 4.69) is 27.1 Å². The molecule has 3 aliphatic heterocycles. The minimum atomic E-state index is -5.60. The molecule has 0 saturated carbocycles. The van der Waals surface area contributed by atoms with Crippen molar-refractivity contribution in [2.45, 2.75) is 145 Å². The molecule has 30 nitrogen and oxygen atoms in total. The SMILES string of the molecule is CCCCCOc1ccc(-c2ccc(/C=C/C(=O)N[C@@H]3C[C@@H](O)[C@@H](O)NC(=O)[C@@H]4[C@@H](O)[C@@H](C)CN4C(=O)[C@H]([C@H](O)CC(N)=O)NC(=O)[C@H]([C@H](O)[C@@H](O)c4ccc(O)c(OS(=O)(=O)[O-])c4)NC(=O)[C@@H]4C[C@@H](O)CN4C(=O)C([C@@H](C)O)NC3=O)cc2)cc1.[Na+]. The molecule has 6 rings (SSSR count). The number of benzene rings is 3. The number of aliphatic hydroxyl groups is 8. The van der Waals surface area contributed by atoms with Crippen molar-refractivity contribution in [3.63, 3.8) is 0 Å². The largest absolute Gasteiger partial charge is 1.00 e. The molecule has 32 heteroatoms. The Bertz CT molecular complexity index is 3090. The van der Waals surface area contributed by atoms with Gasteiger partial charge >= 0.3 is 29.6 Å². The molecule has 0 aromatic heterocycles. The number of fused-ring (bicyclic) bond motifs is 2. The van der Waals surface area contributed by atoms with Crippen molar-refractivity contribution in [1.29, 1.82) is 0 Å². The summed E-state index contributed by atoms with van der Waals surface area (Å²) < 4.78 is 44.3. The first kappa shape index (κ1) is 70.9. The Morgan fingerprint density at radius 2 is 1.40 bits per heavy atom. The Hall–Kier alpha value is -6.85. The second kappa shape index (κ2) is 31.4. The standard InChI is InChI=1S/C55H72N8O22S.Na/c1-4-5-6-19-84-33-15-12-30(13-16-33)29-10-7-28(8-11-29)9-18-41(70)57-34-22-38(68)51(76)61-53(78)45-46(71)26(2)24-63(45)55(80)43(37(67)23-40(56)69)59-52(77)44(48(73)47(72)31-14-17-36(66)39(20-31)85-86(81,82)83)60-50(75)35-21-32(65)25-62(35)54(79)42(27(3)64)58-49(34)74;/h7-18,20,26-27,32,34-35,37-38,42-48,51,64-68,71-73,76H,4-6,19,21-25H2,1-3H3,(H2,56,69)(H,57,70)(H,58,74)(H,59,77)(H,60,75)(H,61,78)(H,81,82,83);/q;+1/p-1/b18-9+;/t26-,27+,32+,34+,35-,37+,38+,42?,43-,44-,45-,46-,47-,48-,51+;/m0./s1. The molecular weight excluding hydrogens is 1180 g/mol. The molecule has 3 heterocycles. The molecule has 470 valence electrons. The summed E-state index contributed by atoms with van der Waals surface area (Å²) in [6.07, 6.45) is -14.8. The number of aliphatic hydroxyl groups excluding tert-OH is 8. The monoisotopic (exact) mass is 1250 g/mol. The van der Waals surface area contributed by atoms with Crippen molar-refractivity contribution in [1.82, 2.24) is 36.4 Å². The quantitative estimate of drug-likeness (QED) is 0.0185. The van der Waals surface area contributed by atoms with Gasteiger partial charge in [-0.15, -0.1) is 0 Å². The van der Waals surface area contributed by atoms with Crippen LogP contribution >= 0.6 is 0 Å². The number of ether oxygens (including phenoxy) is 1. The van der Waals surface area contributed by atoms with Crippen LogP contribution in [0.3, 0.4) is 0 Å². The van der Waals surface area contributed by atoms with Crippen LogP contribution < -0.4 is 70.8 Å². The van der Waals surface area contributed by atoms with Crippen molar-refractivity contribution in [3.05, 3.63) is 83.9 Å². The van der Waals surface area contributed by atoms with E-state index in [4.69, 9.17) is 10.5 Å². The topological polar surface area (TPSA) is 487 Å². The molecule has 3 aromatic rings. The second-order valence-electron chi connectivity index (χ2n) is 21.2. The normalized spacial score (nSPS) is 26.7. The molecule has 3 aromatic carbocycles. The number of amides is 8. The number of carbonyl (C=O) groups excluding carboxylic acids is 8. The van der Waals surface area contributed by atoms with E-state index < -0.39 is 198 Å². The van der Waals surface area contributed by atoms with Crippen LogP contribution in [-0.2, 0) is 48.8 Å². The second-order valence-corrected chi connectivity index (χ2v) is 22.2. The molecule has 3 aliphatic rings.